The highest BCUT2D eigenvalue weighted by atomic mass is 35.5. The Hall–Kier alpha value is -2.16. The predicted octanol–water partition coefficient (Wildman–Crippen LogP) is 0.586. The van der Waals surface area contributed by atoms with Gasteiger partial charge in [0, 0.05) is 13.1 Å². The van der Waals surface area contributed by atoms with Crippen LogP contribution in [0.3, 0.4) is 0 Å². The van der Waals surface area contributed by atoms with Gasteiger partial charge in [-0.15, -0.1) is 0 Å². The van der Waals surface area contributed by atoms with Crippen molar-refractivity contribution >= 4 is 29.7 Å². The zero-order chi connectivity index (χ0) is 17.4. The first kappa shape index (κ1) is 18.2. The molecule has 0 bridgehead atoms. The van der Waals surface area contributed by atoms with E-state index in [0.29, 0.717) is 18.8 Å². The summed E-state index contributed by atoms with van der Waals surface area (Å²) in [6, 6.07) is 4.76. The number of aliphatic carboxylic acids is 1. The number of morpholine rings is 1. The van der Waals surface area contributed by atoms with E-state index in [2.05, 4.69) is 10.5 Å². The average molecular weight is 356 g/mol. The van der Waals surface area contributed by atoms with E-state index in [9.17, 15) is 9.59 Å². The maximum atomic E-state index is 11.8. The lowest BCUT2D eigenvalue weighted by atomic mass is 10.2. The van der Waals surface area contributed by atoms with Crippen molar-refractivity contribution in [3.8, 4) is 5.75 Å². The van der Waals surface area contributed by atoms with Gasteiger partial charge in [-0.25, -0.2) is 10.2 Å². The smallest absolute Gasteiger partial charge is 0.341 e. The summed E-state index contributed by atoms with van der Waals surface area (Å²) >= 11 is 6.00. The lowest BCUT2D eigenvalue weighted by molar-refractivity contribution is -0.139. The molecule has 2 N–H and O–H groups in total. The molecule has 1 heterocycles. The number of hydrogen-bond acceptors (Lipinski definition) is 6. The van der Waals surface area contributed by atoms with E-state index < -0.39 is 12.6 Å². The Kier molecular flexibility index (Phi) is 6.98. The first-order valence-corrected chi connectivity index (χ1v) is 7.68. The summed E-state index contributed by atoms with van der Waals surface area (Å²) in [5.41, 5.74) is 3.10. The van der Waals surface area contributed by atoms with Gasteiger partial charge in [0.25, 0.3) is 5.91 Å². The molecule has 1 aliphatic heterocycles. The number of rotatable bonds is 7. The van der Waals surface area contributed by atoms with Crippen LogP contribution in [0.5, 0.6) is 5.75 Å². The predicted molar refractivity (Wildman–Crippen MR) is 87.6 cm³/mol. The minimum Gasteiger partial charge on any atom is -0.480 e. The number of ether oxygens (including phenoxy) is 2. The summed E-state index contributed by atoms with van der Waals surface area (Å²) in [6.07, 6.45) is 1.45. The van der Waals surface area contributed by atoms with Crippen molar-refractivity contribution in [2.24, 2.45) is 5.10 Å². The van der Waals surface area contributed by atoms with Gasteiger partial charge in [0.2, 0.25) is 0 Å². The van der Waals surface area contributed by atoms with Gasteiger partial charge in [0.05, 0.1) is 31.0 Å². The summed E-state index contributed by atoms with van der Waals surface area (Å²) < 4.78 is 10.2. The van der Waals surface area contributed by atoms with Crippen molar-refractivity contribution < 1.29 is 24.2 Å². The molecular weight excluding hydrogens is 338 g/mol. The lowest BCUT2D eigenvalue weighted by Gasteiger charge is -2.25. The van der Waals surface area contributed by atoms with Crippen LogP contribution in [0, 0.1) is 0 Å². The molecule has 1 amide bonds. The fourth-order valence-electron chi connectivity index (χ4n) is 2.03. The molecule has 24 heavy (non-hydrogen) atoms. The van der Waals surface area contributed by atoms with Crippen LogP contribution in [0.4, 0.5) is 0 Å². The molecule has 1 aromatic rings. The molecule has 0 unspecified atom stereocenters. The van der Waals surface area contributed by atoms with Crippen LogP contribution < -0.4 is 10.2 Å². The van der Waals surface area contributed by atoms with Gasteiger partial charge in [-0.3, -0.25) is 9.69 Å². The van der Waals surface area contributed by atoms with Crippen LogP contribution in [0.25, 0.3) is 0 Å². The lowest BCUT2D eigenvalue weighted by Crippen LogP contribution is -2.42. The summed E-state index contributed by atoms with van der Waals surface area (Å²) in [7, 11) is 0. The average Bonchev–Trinajstić information content (AvgIpc) is 2.55. The number of halogens is 1. The van der Waals surface area contributed by atoms with E-state index >= 15 is 0 Å². The van der Waals surface area contributed by atoms with Gasteiger partial charge in [-0.1, -0.05) is 11.6 Å². The van der Waals surface area contributed by atoms with Gasteiger partial charge in [0.15, 0.2) is 6.61 Å². The second-order valence-corrected chi connectivity index (χ2v) is 5.46. The van der Waals surface area contributed by atoms with Crippen molar-refractivity contribution in [2.45, 2.75) is 0 Å². The Morgan fingerprint density at radius 3 is 2.83 bits per heavy atom. The highest BCUT2D eigenvalue weighted by molar-refractivity contribution is 6.32. The summed E-state index contributed by atoms with van der Waals surface area (Å²) in [4.78, 5) is 24.2. The first-order chi connectivity index (χ1) is 11.5. The number of carbonyl (C=O) groups is 2. The second-order valence-electron chi connectivity index (χ2n) is 5.05. The van der Waals surface area contributed by atoms with Crippen LogP contribution in [-0.4, -0.2) is 67.6 Å². The SMILES string of the molecule is O=C(O)COc1ccc(/C=N\NC(=O)CN2CCOCC2)cc1Cl. The molecule has 1 aliphatic rings. The van der Waals surface area contributed by atoms with Gasteiger partial charge < -0.3 is 14.6 Å². The van der Waals surface area contributed by atoms with Crippen molar-refractivity contribution in [2.75, 3.05) is 39.5 Å². The van der Waals surface area contributed by atoms with Crippen molar-refractivity contribution in [3.05, 3.63) is 28.8 Å². The Balaban J connectivity index is 1.81. The Morgan fingerprint density at radius 2 is 2.17 bits per heavy atom. The molecule has 0 radical (unpaired) electrons. The van der Waals surface area contributed by atoms with Crippen molar-refractivity contribution in [3.63, 3.8) is 0 Å². The third kappa shape index (κ3) is 6.15. The number of carbonyl (C=O) groups excluding carboxylic acids is 1. The normalized spacial score (nSPS) is 15.4. The summed E-state index contributed by atoms with van der Waals surface area (Å²) in [5, 5.41) is 12.7. The maximum absolute atomic E-state index is 11.8. The molecule has 1 fully saturated rings. The van der Waals surface area contributed by atoms with Crippen LogP contribution >= 0.6 is 11.6 Å². The first-order valence-electron chi connectivity index (χ1n) is 7.31. The molecule has 8 nitrogen and oxygen atoms in total. The third-order valence-corrected chi connectivity index (χ3v) is 3.48. The number of hydrazone groups is 1. The molecule has 0 atom stereocenters. The van der Waals surface area contributed by atoms with Gasteiger partial charge in [-0.2, -0.15) is 5.10 Å². The van der Waals surface area contributed by atoms with E-state index in [-0.39, 0.29) is 23.2 Å². The molecule has 0 spiro atoms. The number of benzene rings is 1. The van der Waals surface area contributed by atoms with E-state index in [4.69, 9.17) is 26.2 Å². The fourth-order valence-corrected chi connectivity index (χ4v) is 2.27. The minimum absolute atomic E-state index is 0.208. The monoisotopic (exact) mass is 355 g/mol. The number of carboxylic acid groups (broad SMARTS) is 1. The van der Waals surface area contributed by atoms with Gasteiger partial charge in [-0.05, 0) is 23.8 Å². The molecule has 130 valence electrons. The van der Waals surface area contributed by atoms with Crippen LogP contribution in [-0.2, 0) is 14.3 Å². The quantitative estimate of drug-likeness (QED) is 0.548. The number of hydrogen-bond donors (Lipinski definition) is 2. The number of carboxylic acids is 1. The second kappa shape index (κ2) is 9.21. The Bertz CT molecular complexity index is 617. The Labute approximate surface area is 144 Å². The fraction of sp³-hybridized carbons (Fsp3) is 0.400. The Morgan fingerprint density at radius 1 is 1.42 bits per heavy atom. The van der Waals surface area contributed by atoms with E-state index in [1.165, 1.54) is 6.21 Å². The van der Waals surface area contributed by atoms with E-state index in [1.807, 2.05) is 4.90 Å². The maximum Gasteiger partial charge on any atom is 0.341 e. The van der Waals surface area contributed by atoms with Gasteiger partial charge >= 0.3 is 5.97 Å². The van der Waals surface area contributed by atoms with Crippen molar-refractivity contribution in [1.82, 2.24) is 10.3 Å². The van der Waals surface area contributed by atoms with Crippen LogP contribution in [0.1, 0.15) is 5.56 Å². The molecule has 0 aliphatic carbocycles. The zero-order valence-corrected chi connectivity index (χ0v) is 13.7. The largest absolute Gasteiger partial charge is 0.480 e. The van der Waals surface area contributed by atoms with Gasteiger partial charge in [0.1, 0.15) is 5.75 Å². The molecular formula is C15H18ClN3O5. The number of amides is 1. The zero-order valence-electron chi connectivity index (χ0n) is 12.9. The van der Waals surface area contributed by atoms with Crippen LogP contribution in [0.15, 0.2) is 23.3 Å². The minimum atomic E-state index is -1.08. The molecule has 9 heteroatoms. The molecule has 1 aromatic carbocycles. The summed E-state index contributed by atoms with van der Waals surface area (Å²) in [5.74, 6) is -1.02. The summed E-state index contributed by atoms with van der Waals surface area (Å²) in [6.45, 7) is 2.51. The number of nitrogens with one attached hydrogen (secondary N) is 1. The molecule has 0 saturated carbocycles. The molecule has 2 rings (SSSR count). The number of nitrogens with zero attached hydrogens (tertiary/aromatic N) is 2. The van der Waals surface area contributed by atoms with E-state index in [1.54, 1.807) is 18.2 Å². The van der Waals surface area contributed by atoms with E-state index in [0.717, 1.165) is 13.1 Å². The third-order valence-electron chi connectivity index (χ3n) is 3.18. The van der Waals surface area contributed by atoms with Crippen molar-refractivity contribution in [1.29, 1.82) is 0 Å². The molecule has 1 saturated heterocycles. The topological polar surface area (TPSA) is 100 Å². The highest BCUT2D eigenvalue weighted by Crippen LogP contribution is 2.24. The standard InChI is InChI=1S/C15H18ClN3O5/c16-12-7-11(1-2-13(12)24-10-15(21)22)8-17-18-14(20)9-19-3-5-23-6-4-19/h1-2,7-8H,3-6,9-10H2,(H,18,20)(H,21,22)/b17-8-. The highest BCUT2D eigenvalue weighted by Gasteiger charge is 2.13. The van der Waals surface area contributed by atoms with Crippen LogP contribution in [0.2, 0.25) is 5.02 Å². The molecule has 0 aromatic heterocycles.